The van der Waals surface area contributed by atoms with Crippen molar-refractivity contribution in [3.05, 3.63) is 0 Å². The molecule has 0 aromatic carbocycles. The van der Waals surface area contributed by atoms with E-state index < -0.39 is 0 Å². The fraction of sp³-hybridized carbons (Fsp3) is 0.867. The average molecular weight is 282 g/mol. The lowest BCUT2D eigenvalue weighted by atomic mass is 9.84. The molecule has 1 saturated heterocycles. The number of ether oxygens (including phenoxy) is 1. The summed E-state index contributed by atoms with van der Waals surface area (Å²) in [7, 11) is 0. The Morgan fingerprint density at radius 1 is 1.35 bits per heavy atom. The van der Waals surface area contributed by atoms with Crippen LogP contribution < -0.4 is 5.32 Å². The van der Waals surface area contributed by atoms with Gasteiger partial charge in [-0.1, -0.05) is 20.3 Å². The topological polar surface area (TPSA) is 58.6 Å². The van der Waals surface area contributed by atoms with Crippen LogP contribution in [0.5, 0.6) is 0 Å². The molecule has 3 atom stereocenters. The van der Waals surface area contributed by atoms with Gasteiger partial charge < -0.3 is 15.0 Å². The van der Waals surface area contributed by atoms with Crippen molar-refractivity contribution in [2.24, 2.45) is 5.92 Å². The quantitative estimate of drug-likeness (QED) is 0.827. The van der Waals surface area contributed by atoms with Crippen LogP contribution in [0.25, 0.3) is 0 Å². The minimum atomic E-state index is -0.366. The Kier molecular flexibility index (Phi) is 4.68. The normalized spacial score (nSPS) is 35.5. The molecule has 0 radical (unpaired) electrons. The first-order valence-corrected chi connectivity index (χ1v) is 7.73. The highest BCUT2D eigenvalue weighted by molar-refractivity contribution is 5.97. The van der Waals surface area contributed by atoms with Gasteiger partial charge in [0.05, 0.1) is 6.10 Å². The molecule has 2 rings (SSSR count). The predicted molar refractivity (Wildman–Crippen MR) is 76.1 cm³/mol. The molecule has 1 aliphatic heterocycles. The maximum atomic E-state index is 12.7. The van der Waals surface area contributed by atoms with Crippen molar-refractivity contribution in [2.45, 2.75) is 71.2 Å². The van der Waals surface area contributed by atoms with E-state index in [0.29, 0.717) is 6.61 Å². The number of rotatable bonds is 5. The van der Waals surface area contributed by atoms with E-state index in [1.54, 1.807) is 4.90 Å². The Morgan fingerprint density at radius 3 is 2.55 bits per heavy atom. The van der Waals surface area contributed by atoms with Crippen LogP contribution in [0.4, 0.5) is 0 Å². The lowest BCUT2D eigenvalue weighted by Crippen LogP contribution is -2.68. The Bertz CT molecular complexity index is 379. The molecular formula is C15H26N2O3. The van der Waals surface area contributed by atoms with Gasteiger partial charge in [-0.15, -0.1) is 0 Å². The number of carbonyl (C=O) groups is 2. The molecule has 5 nitrogen and oxygen atoms in total. The number of hydrogen-bond donors (Lipinski definition) is 1. The molecule has 20 heavy (non-hydrogen) atoms. The molecule has 5 heteroatoms. The van der Waals surface area contributed by atoms with Gasteiger partial charge in [0.1, 0.15) is 12.1 Å². The summed E-state index contributed by atoms with van der Waals surface area (Å²) in [5, 5.41) is 2.87. The summed E-state index contributed by atoms with van der Waals surface area (Å²) in [6, 6.07) is -0.572. The van der Waals surface area contributed by atoms with E-state index in [1.807, 2.05) is 27.7 Å². The number of nitrogens with zero attached hydrogens (tertiary/aromatic N) is 1. The second-order valence-electron chi connectivity index (χ2n) is 6.00. The van der Waals surface area contributed by atoms with Crippen LogP contribution in [0.2, 0.25) is 0 Å². The molecule has 114 valence electrons. The maximum Gasteiger partial charge on any atom is 0.246 e. The van der Waals surface area contributed by atoms with Crippen LogP contribution in [-0.4, -0.2) is 47.6 Å². The lowest BCUT2D eigenvalue weighted by Gasteiger charge is -2.49. The number of carbonyl (C=O) groups excluding carboxylic acids is 2. The number of hydrogen-bond acceptors (Lipinski definition) is 3. The Labute approximate surface area is 121 Å². The van der Waals surface area contributed by atoms with Gasteiger partial charge >= 0.3 is 0 Å². The summed E-state index contributed by atoms with van der Waals surface area (Å²) >= 11 is 0. The van der Waals surface area contributed by atoms with Gasteiger partial charge in [0.2, 0.25) is 11.8 Å². The number of amides is 2. The molecule has 0 aromatic rings. The molecule has 0 spiro atoms. The van der Waals surface area contributed by atoms with Crippen molar-refractivity contribution in [1.29, 1.82) is 0 Å². The zero-order valence-electron chi connectivity index (χ0n) is 12.9. The van der Waals surface area contributed by atoms with E-state index in [-0.39, 0.29) is 42.0 Å². The molecule has 0 aromatic heterocycles. The first-order valence-electron chi connectivity index (χ1n) is 7.73. The summed E-state index contributed by atoms with van der Waals surface area (Å²) in [5.41, 5.74) is 0. The highest BCUT2D eigenvalue weighted by Gasteiger charge is 2.46. The second kappa shape index (κ2) is 6.12. The molecule has 0 bridgehead atoms. The molecule has 2 amide bonds. The van der Waals surface area contributed by atoms with Crippen molar-refractivity contribution in [2.75, 3.05) is 6.61 Å². The summed E-state index contributed by atoms with van der Waals surface area (Å²) < 4.78 is 5.55. The Hall–Kier alpha value is -1.10. The SMILES string of the molecule is CCOC1CC(N2C(=O)C(C(C)CC)NC(=O)C2C)C1. The van der Waals surface area contributed by atoms with E-state index in [1.165, 1.54) is 0 Å². The van der Waals surface area contributed by atoms with Gasteiger partial charge in [-0.25, -0.2) is 0 Å². The van der Waals surface area contributed by atoms with Gasteiger partial charge in [0.25, 0.3) is 0 Å². The third kappa shape index (κ3) is 2.68. The molecule has 1 N–H and O–H groups in total. The van der Waals surface area contributed by atoms with Gasteiger partial charge in [-0.05, 0) is 32.6 Å². The van der Waals surface area contributed by atoms with Crippen LogP contribution in [0, 0.1) is 5.92 Å². The first kappa shape index (κ1) is 15.3. The van der Waals surface area contributed by atoms with E-state index in [9.17, 15) is 9.59 Å². The van der Waals surface area contributed by atoms with E-state index in [2.05, 4.69) is 5.32 Å². The Morgan fingerprint density at radius 2 is 2.00 bits per heavy atom. The van der Waals surface area contributed by atoms with Crippen molar-refractivity contribution in [3.8, 4) is 0 Å². The highest BCUT2D eigenvalue weighted by atomic mass is 16.5. The summed E-state index contributed by atoms with van der Waals surface area (Å²) in [6.45, 7) is 8.56. The van der Waals surface area contributed by atoms with Crippen LogP contribution in [0.3, 0.4) is 0 Å². The molecule has 1 saturated carbocycles. The van der Waals surface area contributed by atoms with E-state index >= 15 is 0 Å². The third-order valence-electron chi connectivity index (χ3n) is 4.69. The van der Waals surface area contributed by atoms with Crippen molar-refractivity contribution in [1.82, 2.24) is 10.2 Å². The maximum absolute atomic E-state index is 12.7. The van der Waals surface area contributed by atoms with Crippen LogP contribution in [-0.2, 0) is 14.3 Å². The summed E-state index contributed by atoms with van der Waals surface area (Å²) in [4.78, 5) is 26.5. The van der Waals surface area contributed by atoms with Crippen LogP contribution >= 0.6 is 0 Å². The molecule has 3 unspecified atom stereocenters. The highest BCUT2D eigenvalue weighted by Crippen LogP contribution is 2.32. The molecule has 2 aliphatic rings. The van der Waals surface area contributed by atoms with Crippen LogP contribution in [0.15, 0.2) is 0 Å². The second-order valence-corrected chi connectivity index (χ2v) is 6.00. The molecule has 1 aliphatic carbocycles. The number of piperazine rings is 1. The minimum Gasteiger partial charge on any atom is -0.378 e. The molecule has 2 fully saturated rings. The first-order chi connectivity index (χ1) is 9.49. The minimum absolute atomic E-state index is 0.0326. The van der Waals surface area contributed by atoms with Crippen molar-refractivity contribution in [3.63, 3.8) is 0 Å². The fourth-order valence-corrected chi connectivity index (χ4v) is 3.07. The van der Waals surface area contributed by atoms with E-state index in [0.717, 1.165) is 19.3 Å². The van der Waals surface area contributed by atoms with E-state index in [4.69, 9.17) is 4.74 Å². The van der Waals surface area contributed by atoms with Gasteiger partial charge in [-0.3, -0.25) is 9.59 Å². The van der Waals surface area contributed by atoms with Gasteiger partial charge in [-0.2, -0.15) is 0 Å². The largest absolute Gasteiger partial charge is 0.378 e. The Balaban J connectivity index is 2.06. The fourth-order valence-electron chi connectivity index (χ4n) is 3.07. The van der Waals surface area contributed by atoms with Gasteiger partial charge in [0, 0.05) is 12.6 Å². The van der Waals surface area contributed by atoms with Gasteiger partial charge in [0.15, 0.2) is 0 Å². The molecule has 1 heterocycles. The molecular weight excluding hydrogens is 256 g/mol. The zero-order valence-corrected chi connectivity index (χ0v) is 12.9. The predicted octanol–water partition coefficient (Wildman–Crippen LogP) is 1.32. The van der Waals surface area contributed by atoms with Crippen molar-refractivity contribution >= 4 is 11.8 Å². The average Bonchev–Trinajstić information content (AvgIpc) is 2.39. The third-order valence-corrected chi connectivity index (χ3v) is 4.69. The summed E-state index contributed by atoms with van der Waals surface area (Å²) in [6.07, 6.45) is 2.83. The smallest absolute Gasteiger partial charge is 0.246 e. The monoisotopic (exact) mass is 282 g/mol. The summed E-state index contributed by atoms with van der Waals surface area (Å²) in [5.74, 6) is 0.213. The van der Waals surface area contributed by atoms with Crippen LogP contribution in [0.1, 0.15) is 47.0 Å². The zero-order chi connectivity index (χ0) is 14.9. The standard InChI is InChI=1S/C15H26N2O3/c1-5-9(3)13-15(19)17(10(4)14(18)16-13)11-7-12(8-11)20-6-2/h9-13H,5-8H2,1-4H3,(H,16,18). The lowest BCUT2D eigenvalue weighted by molar-refractivity contribution is -0.159. The number of nitrogens with one attached hydrogen (secondary N) is 1. The van der Waals surface area contributed by atoms with Crippen molar-refractivity contribution < 1.29 is 14.3 Å².